The lowest BCUT2D eigenvalue weighted by Crippen LogP contribution is -2.35. The number of rotatable bonds is 4. The third-order valence-corrected chi connectivity index (χ3v) is 10.4. The highest BCUT2D eigenvalue weighted by atomic mass is 32.1. The minimum absolute atomic E-state index is 0.110. The maximum Gasteiger partial charge on any atom is 0.186 e. The molecule has 1 aliphatic heterocycles. The highest BCUT2D eigenvalue weighted by Gasteiger charge is 2.49. The van der Waals surface area contributed by atoms with E-state index in [4.69, 9.17) is 20.2 Å². The third kappa shape index (κ3) is 3.53. The van der Waals surface area contributed by atoms with Crippen LogP contribution in [-0.4, -0.2) is 68.7 Å². The molecule has 208 valence electrons. The molecule has 0 saturated carbocycles. The van der Waals surface area contributed by atoms with Gasteiger partial charge in [-0.1, -0.05) is 10.4 Å². The summed E-state index contributed by atoms with van der Waals surface area (Å²) in [5.41, 5.74) is 10.7. The van der Waals surface area contributed by atoms with Gasteiger partial charge in [-0.3, -0.25) is 0 Å². The van der Waals surface area contributed by atoms with Crippen molar-refractivity contribution in [1.29, 1.82) is 5.26 Å². The van der Waals surface area contributed by atoms with Crippen molar-refractivity contribution in [2.24, 2.45) is 0 Å². The van der Waals surface area contributed by atoms with Gasteiger partial charge >= 0.3 is 0 Å². The maximum absolute atomic E-state index is 10.0. The van der Waals surface area contributed by atoms with Gasteiger partial charge in [0.25, 0.3) is 0 Å². The van der Waals surface area contributed by atoms with E-state index in [9.17, 15) is 5.26 Å². The standard InChI is InChI=1S/C28H34N10OS/c1-15(18-9-7-13-37(18)4)38-27-22(33-35-38)26(36(2)3)31-25(32-27)21-16-8-5-11-28(23(16)39-34-21)12-6-10-19-20(28)17(14-29)24(30)40-19/h15,18H,5-13,30H2,1-4H3. The molecule has 0 amide bonds. The molecule has 1 saturated heterocycles. The first-order valence-electron chi connectivity index (χ1n) is 14.2. The van der Waals surface area contributed by atoms with Crippen molar-refractivity contribution in [3.8, 4) is 17.6 Å². The van der Waals surface area contributed by atoms with Gasteiger partial charge in [0.05, 0.1) is 17.0 Å². The molecule has 2 N–H and O–H groups in total. The van der Waals surface area contributed by atoms with Gasteiger partial charge in [-0.2, -0.15) is 5.26 Å². The summed E-state index contributed by atoms with van der Waals surface area (Å²) >= 11 is 1.55. The fourth-order valence-electron chi connectivity index (χ4n) is 7.43. The minimum atomic E-state index is -0.384. The van der Waals surface area contributed by atoms with Crippen LogP contribution in [0.15, 0.2) is 4.52 Å². The summed E-state index contributed by atoms with van der Waals surface area (Å²) < 4.78 is 8.19. The number of hydrogen-bond acceptors (Lipinski definition) is 11. The van der Waals surface area contributed by atoms with Gasteiger partial charge in [0.15, 0.2) is 34.3 Å². The van der Waals surface area contributed by atoms with Crippen LogP contribution in [0.5, 0.6) is 0 Å². The lowest BCUT2D eigenvalue weighted by molar-refractivity contribution is 0.230. The molecular formula is C28H34N10OS. The zero-order chi connectivity index (χ0) is 27.8. The van der Waals surface area contributed by atoms with Gasteiger partial charge in [-0.05, 0) is 77.4 Å². The fourth-order valence-corrected chi connectivity index (χ4v) is 8.59. The zero-order valence-electron chi connectivity index (χ0n) is 23.4. The second-order valence-electron chi connectivity index (χ2n) is 11.8. The van der Waals surface area contributed by atoms with Crippen molar-refractivity contribution in [1.82, 2.24) is 35.0 Å². The molecule has 4 aromatic rings. The van der Waals surface area contributed by atoms with Crippen LogP contribution in [0.4, 0.5) is 10.8 Å². The topological polar surface area (TPSA) is 139 Å². The summed E-state index contributed by atoms with van der Waals surface area (Å²) in [4.78, 5) is 15.6. The first-order chi connectivity index (χ1) is 19.3. The molecule has 1 fully saturated rings. The highest BCUT2D eigenvalue weighted by molar-refractivity contribution is 7.16. The zero-order valence-corrected chi connectivity index (χ0v) is 24.3. The number of anilines is 2. The quantitative estimate of drug-likeness (QED) is 0.390. The van der Waals surface area contributed by atoms with Crippen LogP contribution >= 0.6 is 11.3 Å². The van der Waals surface area contributed by atoms with Crippen molar-refractivity contribution in [2.45, 2.75) is 75.8 Å². The predicted octanol–water partition coefficient (Wildman–Crippen LogP) is 4.07. The lowest BCUT2D eigenvalue weighted by Gasteiger charge is -2.39. The maximum atomic E-state index is 10.0. The Hall–Kier alpha value is -3.56. The summed E-state index contributed by atoms with van der Waals surface area (Å²) in [6.07, 6.45) is 7.90. The van der Waals surface area contributed by atoms with Crippen molar-refractivity contribution >= 4 is 33.3 Å². The number of thiophene rings is 1. The van der Waals surface area contributed by atoms with E-state index in [1.165, 1.54) is 11.3 Å². The number of fused-ring (bicyclic) bond motifs is 5. The number of likely N-dealkylation sites (N-methyl/N-ethyl adjacent to an activating group) is 1. The minimum Gasteiger partial charge on any atom is -0.389 e. The van der Waals surface area contributed by atoms with E-state index in [1.54, 1.807) is 11.3 Å². The number of nitriles is 1. The second-order valence-corrected chi connectivity index (χ2v) is 12.9. The molecule has 3 atom stereocenters. The first kappa shape index (κ1) is 25.4. The SMILES string of the molecule is CC(C1CCCN1C)n1nnc2c(N(C)C)nc(-c3noc4c3CCCC43CCCc4sc(N)c(C#N)c43)nc21. The number of aryl methyl sites for hydroxylation is 1. The molecule has 1 spiro atoms. The summed E-state index contributed by atoms with van der Waals surface area (Å²) in [7, 11) is 6.09. The number of nitrogens with zero attached hydrogens (tertiary/aromatic N) is 9. The largest absolute Gasteiger partial charge is 0.389 e. The number of aromatic nitrogens is 6. The van der Waals surface area contributed by atoms with Gasteiger partial charge < -0.3 is 20.1 Å². The lowest BCUT2D eigenvalue weighted by atomic mass is 9.63. The highest BCUT2D eigenvalue weighted by Crippen LogP contribution is 2.55. The molecule has 0 radical (unpaired) electrons. The summed E-state index contributed by atoms with van der Waals surface area (Å²) in [5, 5.41) is 24.3. The van der Waals surface area contributed by atoms with E-state index in [1.807, 2.05) is 23.7 Å². The Bertz CT molecular complexity index is 1660. The van der Waals surface area contributed by atoms with Gasteiger partial charge in [0.2, 0.25) is 0 Å². The third-order valence-electron chi connectivity index (χ3n) is 9.32. The summed E-state index contributed by atoms with van der Waals surface area (Å²) in [6.45, 7) is 3.28. The van der Waals surface area contributed by atoms with Crippen LogP contribution in [-0.2, 0) is 18.3 Å². The van der Waals surface area contributed by atoms with Gasteiger partial charge in [0, 0.05) is 30.6 Å². The Balaban J connectivity index is 1.39. The Morgan fingerprint density at radius 2 is 2.00 bits per heavy atom. The molecule has 5 heterocycles. The molecule has 3 unspecified atom stereocenters. The van der Waals surface area contributed by atoms with E-state index in [0.717, 1.165) is 68.4 Å². The van der Waals surface area contributed by atoms with Crippen molar-refractivity contribution in [2.75, 3.05) is 38.3 Å². The van der Waals surface area contributed by atoms with E-state index < -0.39 is 0 Å². The van der Waals surface area contributed by atoms with E-state index >= 15 is 0 Å². The van der Waals surface area contributed by atoms with Crippen molar-refractivity contribution in [3.63, 3.8) is 0 Å². The van der Waals surface area contributed by atoms with E-state index in [-0.39, 0.29) is 11.5 Å². The molecule has 3 aliphatic rings. The van der Waals surface area contributed by atoms with Crippen LogP contribution in [0.2, 0.25) is 0 Å². The van der Waals surface area contributed by atoms with Crippen molar-refractivity contribution < 1.29 is 4.52 Å². The number of likely N-dealkylation sites (tertiary alicyclic amines) is 1. The average Bonchev–Trinajstić information content (AvgIpc) is 3.72. The number of hydrogen-bond donors (Lipinski definition) is 1. The van der Waals surface area contributed by atoms with Gasteiger partial charge in [-0.15, -0.1) is 16.4 Å². The van der Waals surface area contributed by atoms with E-state index in [0.29, 0.717) is 45.1 Å². The molecule has 12 heteroatoms. The molecule has 11 nitrogen and oxygen atoms in total. The van der Waals surface area contributed by atoms with Crippen LogP contribution in [0, 0.1) is 11.3 Å². The van der Waals surface area contributed by atoms with Crippen LogP contribution < -0.4 is 10.6 Å². The Morgan fingerprint density at radius 1 is 1.20 bits per heavy atom. The smallest absolute Gasteiger partial charge is 0.186 e. The molecule has 4 aromatic heterocycles. The molecule has 7 rings (SSSR count). The first-order valence-corrected chi connectivity index (χ1v) is 15.0. The van der Waals surface area contributed by atoms with Crippen LogP contribution in [0.3, 0.4) is 0 Å². The Morgan fingerprint density at radius 3 is 2.73 bits per heavy atom. The van der Waals surface area contributed by atoms with Crippen molar-refractivity contribution in [3.05, 3.63) is 27.3 Å². The number of nitrogen functional groups attached to an aromatic ring is 1. The molecule has 2 aliphatic carbocycles. The Labute approximate surface area is 237 Å². The fraction of sp³-hybridized carbons (Fsp3) is 0.571. The average molecular weight is 559 g/mol. The Kier molecular flexibility index (Phi) is 5.87. The molecule has 0 bridgehead atoms. The molecule has 0 aromatic carbocycles. The van der Waals surface area contributed by atoms with Crippen LogP contribution in [0.25, 0.3) is 22.7 Å². The molecular weight excluding hydrogens is 524 g/mol. The number of nitrogens with two attached hydrogens (primary N) is 1. The second kappa shape index (κ2) is 9.24. The predicted molar refractivity (Wildman–Crippen MR) is 153 cm³/mol. The monoisotopic (exact) mass is 558 g/mol. The normalized spacial score (nSPS) is 23.3. The van der Waals surface area contributed by atoms with Gasteiger partial charge in [0.1, 0.15) is 11.1 Å². The summed E-state index contributed by atoms with van der Waals surface area (Å²) in [6, 6.07) is 2.88. The van der Waals surface area contributed by atoms with Gasteiger partial charge in [-0.25, -0.2) is 14.6 Å². The molecule has 40 heavy (non-hydrogen) atoms. The van der Waals surface area contributed by atoms with E-state index in [2.05, 4.69) is 40.4 Å². The summed E-state index contributed by atoms with van der Waals surface area (Å²) in [5.74, 6) is 2.08. The van der Waals surface area contributed by atoms with Crippen LogP contribution in [0.1, 0.15) is 78.8 Å².